The van der Waals surface area contributed by atoms with Crippen LogP contribution in [0.2, 0.25) is 0 Å². The molecule has 0 aliphatic heterocycles. The SMILES string of the molecule is O=S(=O)(Cl)c1ccc2cc(OS(=O)(=O)c3ccccc3)ccc2c1. The average molecular weight is 383 g/mol. The molecule has 0 amide bonds. The zero-order valence-corrected chi connectivity index (χ0v) is 14.5. The molecule has 0 heterocycles. The molecule has 3 aromatic carbocycles. The molecular formula is C16H11ClO5S2. The molecule has 0 unspecified atom stereocenters. The van der Waals surface area contributed by atoms with E-state index in [1.165, 1.54) is 42.5 Å². The fourth-order valence-electron chi connectivity index (χ4n) is 2.17. The summed E-state index contributed by atoms with van der Waals surface area (Å²) in [5, 5.41) is 1.22. The van der Waals surface area contributed by atoms with Crippen LogP contribution in [0.25, 0.3) is 10.8 Å². The molecule has 0 spiro atoms. The first kappa shape index (κ1) is 16.8. The van der Waals surface area contributed by atoms with Crippen LogP contribution in [0.4, 0.5) is 0 Å². The quantitative estimate of drug-likeness (QED) is 0.509. The fourth-order valence-corrected chi connectivity index (χ4v) is 3.90. The molecule has 0 saturated heterocycles. The van der Waals surface area contributed by atoms with Crippen molar-refractivity contribution in [1.29, 1.82) is 0 Å². The maximum atomic E-state index is 12.2. The highest BCUT2D eigenvalue weighted by Gasteiger charge is 2.16. The Labute approximate surface area is 144 Å². The number of fused-ring (bicyclic) bond motifs is 1. The summed E-state index contributed by atoms with van der Waals surface area (Å²) < 4.78 is 52.2. The first-order chi connectivity index (χ1) is 11.3. The number of benzene rings is 3. The normalized spacial score (nSPS) is 12.2. The monoisotopic (exact) mass is 382 g/mol. The molecule has 24 heavy (non-hydrogen) atoms. The van der Waals surface area contributed by atoms with E-state index in [1.807, 2.05) is 0 Å². The predicted molar refractivity (Wildman–Crippen MR) is 91.2 cm³/mol. The minimum atomic E-state index is -3.93. The summed E-state index contributed by atoms with van der Waals surface area (Å²) in [6, 6.07) is 16.6. The minimum absolute atomic E-state index is 0.0257. The van der Waals surface area contributed by atoms with Gasteiger partial charge in [0.05, 0.1) is 4.90 Å². The Morgan fingerprint density at radius 2 is 1.33 bits per heavy atom. The van der Waals surface area contributed by atoms with Crippen molar-refractivity contribution in [3.05, 3.63) is 66.7 Å². The molecule has 3 rings (SSSR count). The van der Waals surface area contributed by atoms with Crippen molar-refractivity contribution in [1.82, 2.24) is 0 Å². The van der Waals surface area contributed by atoms with Gasteiger partial charge in [0.15, 0.2) is 0 Å². The Kier molecular flexibility index (Phi) is 4.25. The highest BCUT2D eigenvalue weighted by Crippen LogP contribution is 2.27. The lowest BCUT2D eigenvalue weighted by molar-refractivity contribution is 0.486. The van der Waals surface area contributed by atoms with E-state index in [2.05, 4.69) is 0 Å². The summed E-state index contributed by atoms with van der Waals surface area (Å²) in [7, 11) is -2.44. The van der Waals surface area contributed by atoms with Gasteiger partial charge in [-0.2, -0.15) is 8.42 Å². The topological polar surface area (TPSA) is 77.5 Å². The minimum Gasteiger partial charge on any atom is -0.379 e. The van der Waals surface area contributed by atoms with Crippen LogP contribution < -0.4 is 4.18 Å². The van der Waals surface area contributed by atoms with Gasteiger partial charge in [-0.15, -0.1) is 0 Å². The van der Waals surface area contributed by atoms with E-state index in [-0.39, 0.29) is 15.5 Å². The molecule has 0 atom stereocenters. The Morgan fingerprint density at radius 3 is 2.00 bits per heavy atom. The molecule has 5 nitrogen and oxygen atoms in total. The van der Waals surface area contributed by atoms with E-state index in [4.69, 9.17) is 14.9 Å². The van der Waals surface area contributed by atoms with Crippen LogP contribution in [0.15, 0.2) is 76.5 Å². The molecule has 0 N–H and O–H groups in total. The number of hydrogen-bond donors (Lipinski definition) is 0. The van der Waals surface area contributed by atoms with Gasteiger partial charge in [0.25, 0.3) is 9.05 Å². The third-order valence-electron chi connectivity index (χ3n) is 3.30. The van der Waals surface area contributed by atoms with Crippen LogP contribution in [0.3, 0.4) is 0 Å². The van der Waals surface area contributed by atoms with Gasteiger partial charge in [-0.05, 0) is 47.2 Å². The van der Waals surface area contributed by atoms with Crippen LogP contribution in [0, 0.1) is 0 Å². The van der Waals surface area contributed by atoms with Crippen molar-refractivity contribution in [3.8, 4) is 5.75 Å². The second-order valence-electron chi connectivity index (χ2n) is 4.96. The van der Waals surface area contributed by atoms with E-state index in [0.29, 0.717) is 10.8 Å². The third-order valence-corrected chi connectivity index (χ3v) is 5.92. The van der Waals surface area contributed by atoms with Crippen LogP contribution >= 0.6 is 10.7 Å². The second-order valence-corrected chi connectivity index (χ2v) is 9.07. The lowest BCUT2D eigenvalue weighted by Crippen LogP contribution is -2.09. The third kappa shape index (κ3) is 3.53. The highest BCUT2D eigenvalue weighted by atomic mass is 35.7. The van der Waals surface area contributed by atoms with Crippen molar-refractivity contribution in [2.24, 2.45) is 0 Å². The van der Waals surface area contributed by atoms with Gasteiger partial charge in [-0.25, -0.2) is 8.42 Å². The van der Waals surface area contributed by atoms with Gasteiger partial charge < -0.3 is 4.18 Å². The summed E-state index contributed by atoms with van der Waals surface area (Å²) in [5.41, 5.74) is 0. The van der Waals surface area contributed by atoms with Crippen LogP contribution in [-0.4, -0.2) is 16.8 Å². The largest absolute Gasteiger partial charge is 0.379 e. The van der Waals surface area contributed by atoms with Gasteiger partial charge in [0.2, 0.25) is 0 Å². The summed E-state index contributed by atoms with van der Waals surface area (Å²) in [5.74, 6) is 0.132. The van der Waals surface area contributed by atoms with Crippen molar-refractivity contribution in [2.75, 3.05) is 0 Å². The number of hydrogen-bond acceptors (Lipinski definition) is 5. The average Bonchev–Trinajstić information content (AvgIpc) is 2.54. The Morgan fingerprint density at radius 1 is 0.708 bits per heavy atom. The molecular weight excluding hydrogens is 372 g/mol. The van der Waals surface area contributed by atoms with E-state index in [0.717, 1.165) is 0 Å². The van der Waals surface area contributed by atoms with E-state index in [1.54, 1.807) is 24.3 Å². The van der Waals surface area contributed by atoms with Crippen LogP contribution in [0.1, 0.15) is 0 Å². The maximum Gasteiger partial charge on any atom is 0.339 e. The fraction of sp³-hybridized carbons (Fsp3) is 0. The summed E-state index contributed by atoms with van der Waals surface area (Å²) >= 11 is 0. The first-order valence-electron chi connectivity index (χ1n) is 6.74. The Balaban J connectivity index is 1.97. The van der Waals surface area contributed by atoms with Crippen molar-refractivity contribution < 1.29 is 21.0 Å². The summed E-state index contributed by atoms with van der Waals surface area (Å²) in [6.45, 7) is 0. The van der Waals surface area contributed by atoms with E-state index >= 15 is 0 Å². The molecule has 0 radical (unpaired) electrons. The van der Waals surface area contributed by atoms with Crippen molar-refractivity contribution >= 4 is 40.6 Å². The molecule has 124 valence electrons. The standard InChI is InChI=1S/C16H11ClO5S2/c17-23(18,19)16-9-7-12-10-14(8-6-13(12)11-16)22-24(20,21)15-4-2-1-3-5-15/h1-11H. The van der Waals surface area contributed by atoms with Gasteiger partial charge >= 0.3 is 10.1 Å². The molecule has 0 aliphatic rings. The summed E-state index contributed by atoms with van der Waals surface area (Å²) in [6.07, 6.45) is 0. The molecule has 0 aliphatic carbocycles. The first-order valence-corrected chi connectivity index (χ1v) is 10.5. The van der Waals surface area contributed by atoms with Gasteiger partial charge in [0, 0.05) is 10.7 Å². The smallest absolute Gasteiger partial charge is 0.339 e. The molecule has 0 saturated carbocycles. The molecule has 3 aromatic rings. The van der Waals surface area contributed by atoms with Gasteiger partial charge in [0.1, 0.15) is 10.6 Å². The zero-order chi connectivity index (χ0) is 17.4. The molecule has 8 heteroatoms. The zero-order valence-electron chi connectivity index (χ0n) is 12.1. The molecule has 0 aromatic heterocycles. The van der Waals surface area contributed by atoms with E-state index in [9.17, 15) is 16.8 Å². The van der Waals surface area contributed by atoms with Gasteiger partial charge in [-0.1, -0.05) is 30.3 Å². The highest BCUT2D eigenvalue weighted by molar-refractivity contribution is 8.13. The lowest BCUT2D eigenvalue weighted by Gasteiger charge is -2.08. The van der Waals surface area contributed by atoms with Crippen LogP contribution in [-0.2, 0) is 19.2 Å². The van der Waals surface area contributed by atoms with Crippen LogP contribution in [0.5, 0.6) is 5.75 Å². The van der Waals surface area contributed by atoms with E-state index < -0.39 is 19.2 Å². The Bertz CT molecular complexity index is 1110. The summed E-state index contributed by atoms with van der Waals surface area (Å²) in [4.78, 5) is 0.0240. The van der Waals surface area contributed by atoms with Crippen molar-refractivity contribution in [3.63, 3.8) is 0 Å². The predicted octanol–water partition coefficient (Wildman–Crippen LogP) is 3.54. The molecule has 0 bridgehead atoms. The number of halogens is 1. The Hall–Kier alpha value is -2.09. The van der Waals surface area contributed by atoms with Gasteiger partial charge in [-0.3, -0.25) is 0 Å². The maximum absolute atomic E-state index is 12.2. The second kappa shape index (κ2) is 6.08. The lowest BCUT2D eigenvalue weighted by atomic mass is 10.1. The van der Waals surface area contributed by atoms with Crippen molar-refractivity contribution in [2.45, 2.75) is 9.79 Å². The molecule has 0 fully saturated rings. The number of rotatable bonds is 4.